The third-order valence-corrected chi connectivity index (χ3v) is 4.11. The minimum atomic E-state index is -0.933. The Morgan fingerprint density at radius 1 is 1.27 bits per heavy atom. The molecule has 5 heteroatoms. The van der Waals surface area contributed by atoms with Crippen LogP contribution in [0.3, 0.4) is 0 Å². The van der Waals surface area contributed by atoms with Gasteiger partial charge in [-0.05, 0) is 49.4 Å². The fraction of sp³-hybridized carbons (Fsp3) is 0.529. The normalized spacial score (nSPS) is 17.0. The minimum absolute atomic E-state index is 0.117. The van der Waals surface area contributed by atoms with E-state index in [2.05, 4.69) is 11.4 Å². The predicted molar refractivity (Wildman–Crippen MR) is 85.7 cm³/mol. The lowest BCUT2D eigenvalue weighted by atomic mass is 9.89. The Kier molecular flexibility index (Phi) is 5.95. The summed E-state index contributed by atoms with van der Waals surface area (Å²) in [5.74, 6) is -1.58. The molecule has 22 heavy (non-hydrogen) atoms. The van der Waals surface area contributed by atoms with Crippen molar-refractivity contribution in [3.8, 4) is 0 Å². The summed E-state index contributed by atoms with van der Waals surface area (Å²) >= 11 is 0. The second-order valence-electron chi connectivity index (χ2n) is 5.93. The van der Waals surface area contributed by atoms with Crippen molar-refractivity contribution in [2.24, 2.45) is 11.7 Å². The zero-order valence-electron chi connectivity index (χ0n) is 12.8. The number of carboxylic acids is 1. The highest BCUT2D eigenvalue weighted by Crippen LogP contribution is 2.28. The SMILES string of the molecule is NCCCCCCc1ccc2c(c1)NC(=O)C(CC(=O)O)C2. The molecule has 1 aromatic rings. The molecule has 1 aromatic carbocycles. The number of rotatable bonds is 8. The summed E-state index contributed by atoms with van der Waals surface area (Å²) in [7, 11) is 0. The Morgan fingerprint density at radius 3 is 2.77 bits per heavy atom. The van der Waals surface area contributed by atoms with E-state index in [1.807, 2.05) is 12.1 Å². The number of nitrogens with two attached hydrogens (primary N) is 1. The molecule has 0 saturated heterocycles. The molecule has 0 radical (unpaired) electrons. The van der Waals surface area contributed by atoms with E-state index in [4.69, 9.17) is 10.8 Å². The molecule has 1 unspecified atom stereocenters. The van der Waals surface area contributed by atoms with Gasteiger partial charge >= 0.3 is 5.97 Å². The van der Waals surface area contributed by atoms with E-state index in [0.717, 1.165) is 43.5 Å². The molecular weight excluding hydrogens is 280 g/mol. The largest absolute Gasteiger partial charge is 0.481 e. The zero-order chi connectivity index (χ0) is 15.9. The molecule has 1 aliphatic rings. The molecule has 1 heterocycles. The molecule has 120 valence electrons. The van der Waals surface area contributed by atoms with Crippen molar-refractivity contribution in [3.63, 3.8) is 0 Å². The lowest BCUT2D eigenvalue weighted by Crippen LogP contribution is -2.31. The van der Waals surface area contributed by atoms with Crippen LogP contribution in [0.1, 0.15) is 43.2 Å². The van der Waals surface area contributed by atoms with Crippen molar-refractivity contribution < 1.29 is 14.7 Å². The Labute approximate surface area is 130 Å². The lowest BCUT2D eigenvalue weighted by Gasteiger charge is -2.24. The predicted octanol–water partition coefficient (Wildman–Crippen LogP) is 2.33. The number of carboxylic acid groups (broad SMARTS) is 1. The molecule has 0 aliphatic carbocycles. The summed E-state index contributed by atoms with van der Waals surface area (Å²) in [6, 6.07) is 6.11. The van der Waals surface area contributed by atoms with Gasteiger partial charge in [0.05, 0.1) is 12.3 Å². The molecule has 0 spiro atoms. The Hall–Kier alpha value is -1.88. The molecule has 0 saturated carbocycles. The standard InChI is InChI=1S/C17H24N2O3/c18-8-4-2-1-3-5-12-6-7-13-10-14(11-16(20)21)17(22)19-15(13)9-12/h6-7,9,14H,1-5,8,10-11,18H2,(H,19,22)(H,20,21). The minimum Gasteiger partial charge on any atom is -0.481 e. The number of benzene rings is 1. The number of aliphatic carboxylic acids is 1. The summed E-state index contributed by atoms with van der Waals surface area (Å²) in [6.45, 7) is 0.752. The molecule has 1 atom stereocenters. The molecule has 1 aliphatic heterocycles. The van der Waals surface area contributed by atoms with Crippen molar-refractivity contribution in [2.75, 3.05) is 11.9 Å². The Morgan fingerprint density at radius 2 is 2.05 bits per heavy atom. The summed E-state index contributed by atoms with van der Waals surface area (Å²) in [4.78, 5) is 22.7. The maximum absolute atomic E-state index is 11.9. The number of hydrogen-bond donors (Lipinski definition) is 3. The highest BCUT2D eigenvalue weighted by molar-refractivity contribution is 5.97. The third kappa shape index (κ3) is 4.56. The van der Waals surface area contributed by atoms with Crippen LogP contribution in [0.5, 0.6) is 0 Å². The van der Waals surface area contributed by atoms with Crippen molar-refractivity contribution in [3.05, 3.63) is 29.3 Å². The van der Waals surface area contributed by atoms with E-state index < -0.39 is 11.9 Å². The molecule has 2 rings (SSSR count). The van der Waals surface area contributed by atoms with Gasteiger partial charge in [-0.25, -0.2) is 0 Å². The Balaban J connectivity index is 1.93. The van der Waals surface area contributed by atoms with Gasteiger partial charge in [0.1, 0.15) is 0 Å². The van der Waals surface area contributed by atoms with Gasteiger partial charge in [-0.1, -0.05) is 25.0 Å². The summed E-state index contributed by atoms with van der Waals surface area (Å²) in [6.07, 6.45) is 5.90. The van der Waals surface area contributed by atoms with Crippen LogP contribution in [0.25, 0.3) is 0 Å². The molecular formula is C17H24N2O3. The van der Waals surface area contributed by atoms with Crippen molar-refractivity contribution >= 4 is 17.6 Å². The van der Waals surface area contributed by atoms with E-state index in [0.29, 0.717) is 6.42 Å². The quantitative estimate of drug-likeness (QED) is 0.643. The zero-order valence-corrected chi connectivity index (χ0v) is 12.8. The average Bonchev–Trinajstić information content (AvgIpc) is 2.47. The average molecular weight is 304 g/mol. The number of carbonyl (C=O) groups is 2. The maximum atomic E-state index is 11.9. The summed E-state index contributed by atoms with van der Waals surface area (Å²) in [5, 5.41) is 11.7. The number of anilines is 1. The van der Waals surface area contributed by atoms with Crippen molar-refractivity contribution in [1.29, 1.82) is 0 Å². The van der Waals surface area contributed by atoms with Gasteiger partial charge in [0.15, 0.2) is 0 Å². The monoisotopic (exact) mass is 304 g/mol. The van der Waals surface area contributed by atoms with Gasteiger partial charge in [0.25, 0.3) is 0 Å². The lowest BCUT2D eigenvalue weighted by molar-refractivity contribution is -0.140. The first-order valence-electron chi connectivity index (χ1n) is 7.94. The molecule has 5 nitrogen and oxygen atoms in total. The number of carbonyl (C=O) groups excluding carboxylic acids is 1. The Bertz CT molecular complexity index is 543. The molecule has 4 N–H and O–H groups in total. The molecule has 0 bridgehead atoms. The van der Waals surface area contributed by atoms with Crippen LogP contribution < -0.4 is 11.1 Å². The van der Waals surface area contributed by atoms with Gasteiger partial charge in [0.2, 0.25) is 5.91 Å². The first kappa shape index (κ1) is 16.5. The van der Waals surface area contributed by atoms with Crippen molar-refractivity contribution in [2.45, 2.75) is 44.9 Å². The number of aryl methyl sites for hydroxylation is 1. The molecule has 0 fully saturated rings. The van der Waals surface area contributed by atoms with Gasteiger partial charge in [-0.3, -0.25) is 9.59 Å². The van der Waals surface area contributed by atoms with Gasteiger partial charge in [-0.2, -0.15) is 0 Å². The van der Waals surface area contributed by atoms with Crippen LogP contribution in [-0.2, 0) is 22.4 Å². The van der Waals surface area contributed by atoms with Gasteiger partial charge < -0.3 is 16.2 Å². The number of nitrogens with one attached hydrogen (secondary N) is 1. The molecule has 1 amide bonds. The highest BCUT2D eigenvalue weighted by Gasteiger charge is 2.28. The first-order chi connectivity index (χ1) is 10.6. The summed E-state index contributed by atoms with van der Waals surface area (Å²) < 4.78 is 0. The number of fused-ring (bicyclic) bond motifs is 1. The van der Waals surface area contributed by atoms with Gasteiger partial charge in [0, 0.05) is 5.69 Å². The van der Waals surface area contributed by atoms with E-state index in [-0.39, 0.29) is 12.3 Å². The van der Waals surface area contributed by atoms with Crippen LogP contribution in [0.15, 0.2) is 18.2 Å². The maximum Gasteiger partial charge on any atom is 0.304 e. The van der Waals surface area contributed by atoms with Crippen LogP contribution >= 0.6 is 0 Å². The van der Waals surface area contributed by atoms with Crippen LogP contribution in [0.4, 0.5) is 5.69 Å². The van der Waals surface area contributed by atoms with Gasteiger partial charge in [-0.15, -0.1) is 0 Å². The van der Waals surface area contributed by atoms with E-state index in [1.165, 1.54) is 12.0 Å². The molecule has 0 aromatic heterocycles. The van der Waals surface area contributed by atoms with Crippen LogP contribution in [0, 0.1) is 5.92 Å². The smallest absolute Gasteiger partial charge is 0.304 e. The highest BCUT2D eigenvalue weighted by atomic mass is 16.4. The van der Waals surface area contributed by atoms with E-state index in [9.17, 15) is 9.59 Å². The number of unbranched alkanes of at least 4 members (excludes halogenated alkanes) is 3. The number of hydrogen-bond acceptors (Lipinski definition) is 3. The topological polar surface area (TPSA) is 92.4 Å². The van der Waals surface area contributed by atoms with E-state index >= 15 is 0 Å². The van der Waals surface area contributed by atoms with Crippen LogP contribution in [0.2, 0.25) is 0 Å². The van der Waals surface area contributed by atoms with E-state index in [1.54, 1.807) is 0 Å². The number of amides is 1. The van der Waals surface area contributed by atoms with Crippen molar-refractivity contribution in [1.82, 2.24) is 0 Å². The van der Waals surface area contributed by atoms with Crippen LogP contribution in [-0.4, -0.2) is 23.5 Å². The second-order valence-corrected chi connectivity index (χ2v) is 5.93. The first-order valence-corrected chi connectivity index (χ1v) is 7.94. The second kappa shape index (κ2) is 7.94. The third-order valence-electron chi connectivity index (χ3n) is 4.11. The fourth-order valence-corrected chi connectivity index (χ4v) is 2.87. The fourth-order valence-electron chi connectivity index (χ4n) is 2.87. The summed E-state index contributed by atoms with van der Waals surface area (Å²) in [5.41, 5.74) is 8.55.